The lowest BCUT2D eigenvalue weighted by Gasteiger charge is -2.10. The van der Waals surface area contributed by atoms with Crippen LogP contribution in [-0.4, -0.2) is 9.78 Å². The maximum absolute atomic E-state index is 4.51. The number of rotatable bonds is 2. The third-order valence-corrected chi connectivity index (χ3v) is 3.80. The van der Waals surface area contributed by atoms with Gasteiger partial charge >= 0.3 is 0 Å². The molecular formula is C17H15BrN2. The van der Waals surface area contributed by atoms with E-state index in [0.717, 1.165) is 21.4 Å². The minimum Gasteiger partial charge on any atom is -0.232 e. The van der Waals surface area contributed by atoms with Crippen molar-refractivity contribution in [3.63, 3.8) is 0 Å². The molecule has 3 aromatic rings. The van der Waals surface area contributed by atoms with Crippen LogP contribution >= 0.6 is 15.9 Å². The van der Waals surface area contributed by atoms with E-state index in [1.54, 1.807) is 0 Å². The molecule has 3 rings (SSSR count). The van der Waals surface area contributed by atoms with Crippen molar-refractivity contribution in [3.8, 4) is 16.9 Å². The molecule has 2 aromatic carbocycles. The third kappa shape index (κ3) is 2.41. The number of halogens is 1. The van der Waals surface area contributed by atoms with Crippen LogP contribution in [0.5, 0.6) is 0 Å². The van der Waals surface area contributed by atoms with Crippen molar-refractivity contribution in [2.24, 2.45) is 0 Å². The lowest BCUT2D eigenvalue weighted by molar-refractivity contribution is 0.885. The van der Waals surface area contributed by atoms with E-state index >= 15 is 0 Å². The average molecular weight is 327 g/mol. The molecule has 0 bridgehead atoms. The fraction of sp³-hybridized carbons (Fsp3) is 0.118. The molecule has 1 aromatic heterocycles. The molecule has 0 radical (unpaired) electrons. The Morgan fingerprint density at radius 2 is 1.60 bits per heavy atom. The maximum Gasteiger partial charge on any atom is 0.0883 e. The van der Waals surface area contributed by atoms with Crippen LogP contribution in [0.15, 0.2) is 59.2 Å². The van der Waals surface area contributed by atoms with Crippen molar-refractivity contribution in [3.05, 3.63) is 70.3 Å². The zero-order chi connectivity index (χ0) is 14.1. The minimum atomic E-state index is 1.00. The van der Waals surface area contributed by atoms with Gasteiger partial charge in [-0.25, -0.2) is 4.68 Å². The molecule has 0 saturated heterocycles. The van der Waals surface area contributed by atoms with Gasteiger partial charge in [-0.15, -0.1) is 0 Å². The number of benzene rings is 2. The molecule has 0 spiro atoms. The molecule has 0 saturated carbocycles. The molecule has 0 N–H and O–H groups in total. The first-order chi connectivity index (χ1) is 9.65. The predicted octanol–water partition coefficient (Wildman–Crippen LogP) is 4.92. The van der Waals surface area contributed by atoms with Crippen LogP contribution in [0, 0.1) is 13.8 Å². The molecule has 100 valence electrons. The highest BCUT2D eigenvalue weighted by atomic mass is 79.9. The standard InChI is InChI=1S/C17H15BrN2/c1-12-8-13(2)10-15(9-12)20-17(16(18)11-19-20)14-6-4-3-5-7-14/h3-11H,1-2H3. The third-order valence-electron chi connectivity index (χ3n) is 3.22. The van der Waals surface area contributed by atoms with Crippen molar-refractivity contribution in [2.45, 2.75) is 13.8 Å². The van der Waals surface area contributed by atoms with Gasteiger partial charge in [0, 0.05) is 5.56 Å². The molecule has 0 aliphatic heterocycles. The Hall–Kier alpha value is -1.87. The van der Waals surface area contributed by atoms with Gasteiger partial charge in [-0.05, 0) is 53.0 Å². The Kier molecular flexibility index (Phi) is 3.45. The summed E-state index contributed by atoms with van der Waals surface area (Å²) in [5.41, 5.74) is 5.80. The molecule has 0 aliphatic carbocycles. The van der Waals surface area contributed by atoms with Crippen molar-refractivity contribution in [1.82, 2.24) is 9.78 Å². The van der Waals surface area contributed by atoms with Crippen LogP contribution in [0.4, 0.5) is 0 Å². The van der Waals surface area contributed by atoms with Crippen LogP contribution in [-0.2, 0) is 0 Å². The number of nitrogens with zero attached hydrogens (tertiary/aromatic N) is 2. The Bertz CT molecular complexity index is 725. The Labute approximate surface area is 127 Å². The second-order valence-corrected chi connectivity index (χ2v) is 5.82. The zero-order valence-corrected chi connectivity index (χ0v) is 13.1. The fourth-order valence-corrected chi connectivity index (χ4v) is 2.94. The first kappa shape index (κ1) is 13.1. The number of hydrogen-bond acceptors (Lipinski definition) is 1. The van der Waals surface area contributed by atoms with Gasteiger partial charge < -0.3 is 0 Å². The molecule has 20 heavy (non-hydrogen) atoms. The first-order valence-electron chi connectivity index (χ1n) is 6.53. The van der Waals surface area contributed by atoms with Crippen LogP contribution in [0.2, 0.25) is 0 Å². The minimum absolute atomic E-state index is 1.00. The van der Waals surface area contributed by atoms with Gasteiger partial charge in [-0.3, -0.25) is 0 Å². The van der Waals surface area contributed by atoms with Crippen LogP contribution in [0.1, 0.15) is 11.1 Å². The van der Waals surface area contributed by atoms with Crippen molar-refractivity contribution in [2.75, 3.05) is 0 Å². The van der Waals surface area contributed by atoms with Gasteiger partial charge in [0.2, 0.25) is 0 Å². The maximum atomic E-state index is 4.51. The van der Waals surface area contributed by atoms with Gasteiger partial charge in [-0.1, -0.05) is 36.4 Å². The first-order valence-corrected chi connectivity index (χ1v) is 7.32. The van der Waals surface area contributed by atoms with Crippen LogP contribution in [0.25, 0.3) is 16.9 Å². The summed E-state index contributed by atoms with van der Waals surface area (Å²) in [6.07, 6.45) is 1.85. The lowest BCUT2D eigenvalue weighted by atomic mass is 10.1. The summed E-state index contributed by atoms with van der Waals surface area (Å²) in [5.74, 6) is 0. The summed E-state index contributed by atoms with van der Waals surface area (Å²) < 4.78 is 2.99. The summed E-state index contributed by atoms with van der Waals surface area (Å²) in [6, 6.07) is 16.8. The highest BCUT2D eigenvalue weighted by molar-refractivity contribution is 9.10. The van der Waals surface area contributed by atoms with Gasteiger partial charge in [0.25, 0.3) is 0 Å². The molecular weight excluding hydrogens is 312 g/mol. The average Bonchev–Trinajstić information content (AvgIpc) is 2.80. The zero-order valence-electron chi connectivity index (χ0n) is 11.5. The van der Waals surface area contributed by atoms with E-state index in [0.29, 0.717) is 0 Å². The Balaban J connectivity index is 2.21. The van der Waals surface area contributed by atoms with Crippen molar-refractivity contribution >= 4 is 15.9 Å². The second kappa shape index (κ2) is 5.25. The van der Waals surface area contributed by atoms with Gasteiger partial charge in [0.1, 0.15) is 0 Å². The monoisotopic (exact) mass is 326 g/mol. The quantitative estimate of drug-likeness (QED) is 0.653. The van der Waals surface area contributed by atoms with E-state index in [2.05, 4.69) is 65.2 Å². The highest BCUT2D eigenvalue weighted by Gasteiger charge is 2.12. The lowest BCUT2D eigenvalue weighted by Crippen LogP contribution is -2.00. The fourth-order valence-electron chi connectivity index (χ4n) is 2.45. The molecule has 0 amide bonds. The Morgan fingerprint density at radius 3 is 2.25 bits per heavy atom. The van der Waals surface area contributed by atoms with E-state index < -0.39 is 0 Å². The summed E-state index contributed by atoms with van der Waals surface area (Å²) in [6.45, 7) is 4.22. The van der Waals surface area contributed by atoms with Crippen molar-refractivity contribution in [1.29, 1.82) is 0 Å². The van der Waals surface area contributed by atoms with E-state index in [-0.39, 0.29) is 0 Å². The Morgan fingerprint density at radius 1 is 0.950 bits per heavy atom. The van der Waals surface area contributed by atoms with E-state index in [1.165, 1.54) is 11.1 Å². The molecule has 0 atom stereocenters. The highest BCUT2D eigenvalue weighted by Crippen LogP contribution is 2.30. The normalized spacial score (nSPS) is 10.8. The predicted molar refractivity (Wildman–Crippen MR) is 86.2 cm³/mol. The van der Waals surface area contributed by atoms with E-state index in [9.17, 15) is 0 Å². The molecule has 3 heteroatoms. The summed E-state index contributed by atoms with van der Waals surface area (Å²) in [4.78, 5) is 0. The summed E-state index contributed by atoms with van der Waals surface area (Å²) >= 11 is 3.60. The SMILES string of the molecule is Cc1cc(C)cc(-n2ncc(Br)c2-c2ccccc2)c1. The molecule has 2 nitrogen and oxygen atoms in total. The topological polar surface area (TPSA) is 17.8 Å². The van der Waals surface area contributed by atoms with Gasteiger partial charge in [0.05, 0.1) is 22.1 Å². The molecule has 1 heterocycles. The largest absolute Gasteiger partial charge is 0.232 e. The molecule has 0 fully saturated rings. The van der Waals surface area contributed by atoms with Crippen LogP contribution in [0.3, 0.4) is 0 Å². The molecule has 0 aliphatic rings. The number of aryl methyl sites for hydroxylation is 2. The molecule has 0 unspecified atom stereocenters. The van der Waals surface area contributed by atoms with Crippen molar-refractivity contribution < 1.29 is 0 Å². The van der Waals surface area contributed by atoms with Gasteiger partial charge in [-0.2, -0.15) is 5.10 Å². The van der Waals surface area contributed by atoms with Crippen LogP contribution < -0.4 is 0 Å². The van der Waals surface area contributed by atoms with E-state index in [4.69, 9.17) is 0 Å². The summed E-state index contributed by atoms with van der Waals surface area (Å²) in [5, 5.41) is 4.51. The number of aromatic nitrogens is 2. The smallest absolute Gasteiger partial charge is 0.0883 e. The van der Waals surface area contributed by atoms with E-state index in [1.807, 2.05) is 29.1 Å². The second-order valence-electron chi connectivity index (χ2n) is 4.96. The number of hydrogen-bond donors (Lipinski definition) is 0. The van der Waals surface area contributed by atoms with Gasteiger partial charge in [0.15, 0.2) is 0 Å². The summed E-state index contributed by atoms with van der Waals surface area (Å²) in [7, 11) is 0.